The van der Waals surface area contributed by atoms with Gasteiger partial charge in [0.15, 0.2) is 0 Å². The number of aromatic amines is 1. The maximum Gasteiger partial charge on any atom is 0.274 e. The zero-order chi connectivity index (χ0) is 14.2. The summed E-state index contributed by atoms with van der Waals surface area (Å²) in [7, 11) is 0. The number of imidazole rings is 1. The van der Waals surface area contributed by atoms with Gasteiger partial charge in [-0.25, -0.2) is 4.98 Å². The highest BCUT2D eigenvalue weighted by Gasteiger charge is 2.16. The average molecular weight is 284 g/mol. The summed E-state index contributed by atoms with van der Waals surface area (Å²) in [5.74, 6) is 0.897. The van der Waals surface area contributed by atoms with Gasteiger partial charge in [-0.3, -0.25) is 14.1 Å². The molecule has 1 fully saturated rings. The van der Waals surface area contributed by atoms with E-state index < -0.39 is 0 Å². The molecular formula is C15H16N4O2. The van der Waals surface area contributed by atoms with Crippen LogP contribution in [0.3, 0.4) is 0 Å². The molecule has 2 aromatic heterocycles. The van der Waals surface area contributed by atoms with Crippen molar-refractivity contribution in [3.8, 4) is 0 Å². The predicted molar refractivity (Wildman–Crippen MR) is 79.4 cm³/mol. The van der Waals surface area contributed by atoms with Crippen LogP contribution in [-0.4, -0.2) is 45.6 Å². The number of rotatable bonds is 2. The van der Waals surface area contributed by atoms with Crippen LogP contribution in [0, 0.1) is 0 Å². The zero-order valence-corrected chi connectivity index (χ0v) is 11.6. The minimum Gasteiger partial charge on any atom is -0.379 e. The second-order valence-electron chi connectivity index (χ2n) is 5.25. The molecule has 6 nitrogen and oxygen atoms in total. The summed E-state index contributed by atoms with van der Waals surface area (Å²) < 4.78 is 7.33. The molecule has 0 bridgehead atoms. The number of hydrogen-bond acceptors (Lipinski definition) is 4. The quantitative estimate of drug-likeness (QED) is 0.763. The van der Waals surface area contributed by atoms with Crippen LogP contribution in [0.1, 0.15) is 5.82 Å². The van der Waals surface area contributed by atoms with Gasteiger partial charge in [0.25, 0.3) is 5.56 Å². The molecule has 1 aliphatic rings. The van der Waals surface area contributed by atoms with Crippen molar-refractivity contribution in [1.82, 2.24) is 19.3 Å². The van der Waals surface area contributed by atoms with Crippen LogP contribution in [0.5, 0.6) is 0 Å². The van der Waals surface area contributed by atoms with E-state index in [4.69, 9.17) is 4.74 Å². The Morgan fingerprint density at radius 3 is 2.86 bits per heavy atom. The number of benzene rings is 1. The molecule has 0 spiro atoms. The third-order valence-corrected chi connectivity index (χ3v) is 3.93. The standard InChI is InChI=1S/C15H16N4O2/c20-15-13-9-16-14(10-18-5-7-21-8-6-18)19(13)12-4-2-1-3-11(12)17-15/h1-4,9H,5-8,10H2,(H,17,20). The molecule has 4 rings (SSSR count). The van der Waals surface area contributed by atoms with Crippen molar-refractivity contribution in [2.75, 3.05) is 26.3 Å². The molecule has 0 saturated carbocycles. The van der Waals surface area contributed by atoms with Gasteiger partial charge in [0.2, 0.25) is 0 Å². The second kappa shape index (κ2) is 4.98. The molecule has 3 aromatic rings. The topological polar surface area (TPSA) is 62.6 Å². The minimum atomic E-state index is -0.102. The highest BCUT2D eigenvalue weighted by Crippen LogP contribution is 2.15. The lowest BCUT2D eigenvalue weighted by Gasteiger charge is -2.25. The Bertz CT molecular complexity index is 846. The molecule has 3 heterocycles. The molecule has 21 heavy (non-hydrogen) atoms. The summed E-state index contributed by atoms with van der Waals surface area (Å²) in [6, 6.07) is 7.80. The van der Waals surface area contributed by atoms with Crippen LogP contribution in [0.4, 0.5) is 0 Å². The van der Waals surface area contributed by atoms with Crippen LogP contribution in [0.25, 0.3) is 16.6 Å². The summed E-state index contributed by atoms with van der Waals surface area (Å²) in [5.41, 5.74) is 2.30. The van der Waals surface area contributed by atoms with Gasteiger partial charge in [0, 0.05) is 13.1 Å². The van der Waals surface area contributed by atoms with E-state index in [-0.39, 0.29) is 5.56 Å². The Morgan fingerprint density at radius 2 is 2.00 bits per heavy atom. The molecule has 0 unspecified atom stereocenters. The van der Waals surface area contributed by atoms with E-state index >= 15 is 0 Å². The van der Waals surface area contributed by atoms with Gasteiger partial charge >= 0.3 is 0 Å². The summed E-state index contributed by atoms with van der Waals surface area (Å²) in [5, 5.41) is 0. The van der Waals surface area contributed by atoms with Gasteiger partial charge in [-0.15, -0.1) is 0 Å². The lowest BCUT2D eigenvalue weighted by molar-refractivity contribution is 0.0330. The summed E-state index contributed by atoms with van der Waals surface area (Å²) in [4.78, 5) is 21.8. The molecule has 0 aliphatic carbocycles. The summed E-state index contributed by atoms with van der Waals surface area (Å²) >= 11 is 0. The third-order valence-electron chi connectivity index (χ3n) is 3.93. The van der Waals surface area contributed by atoms with Crippen molar-refractivity contribution in [3.63, 3.8) is 0 Å². The normalized spacial score (nSPS) is 16.8. The third kappa shape index (κ3) is 2.12. The van der Waals surface area contributed by atoms with E-state index in [1.165, 1.54) is 0 Å². The minimum absolute atomic E-state index is 0.102. The SMILES string of the molecule is O=c1[nH]c2ccccc2n2c(CN3CCOCC3)ncc12. The number of nitrogens with zero attached hydrogens (tertiary/aromatic N) is 3. The Kier molecular flexibility index (Phi) is 2.98. The summed E-state index contributed by atoms with van der Waals surface area (Å²) in [6.45, 7) is 4.03. The van der Waals surface area contributed by atoms with E-state index in [0.717, 1.165) is 49.7 Å². The molecule has 1 aromatic carbocycles. The van der Waals surface area contributed by atoms with Crippen LogP contribution in [-0.2, 0) is 11.3 Å². The number of H-pyrrole nitrogens is 1. The van der Waals surface area contributed by atoms with E-state index in [1.807, 2.05) is 28.7 Å². The fraction of sp³-hybridized carbons (Fsp3) is 0.333. The zero-order valence-electron chi connectivity index (χ0n) is 11.6. The largest absolute Gasteiger partial charge is 0.379 e. The van der Waals surface area contributed by atoms with Gasteiger partial charge in [-0.05, 0) is 12.1 Å². The fourth-order valence-electron chi connectivity index (χ4n) is 2.85. The van der Waals surface area contributed by atoms with E-state index in [9.17, 15) is 4.79 Å². The number of hydrogen-bond donors (Lipinski definition) is 1. The molecule has 0 radical (unpaired) electrons. The number of ether oxygens (including phenoxy) is 1. The van der Waals surface area contributed by atoms with Gasteiger partial charge in [-0.2, -0.15) is 0 Å². The smallest absolute Gasteiger partial charge is 0.274 e. The highest BCUT2D eigenvalue weighted by molar-refractivity contribution is 5.78. The first-order valence-electron chi connectivity index (χ1n) is 7.10. The first-order chi connectivity index (χ1) is 10.3. The monoisotopic (exact) mass is 284 g/mol. The van der Waals surface area contributed by atoms with Crippen LogP contribution < -0.4 is 5.56 Å². The first-order valence-corrected chi connectivity index (χ1v) is 7.10. The number of aromatic nitrogens is 3. The van der Waals surface area contributed by atoms with Gasteiger partial charge in [0.1, 0.15) is 11.3 Å². The van der Waals surface area contributed by atoms with Crippen molar-refractivity contribution in [1.29, 1.82) is 0 Å². The lowest BCUT2D eigenvalue weighted by Crippen LogP contribution is -2.36. The molecule has 0 atom stereocenters. The van der Waals surface area contributed by atoms with E-state index in [0.29, 0.717) is 5.52 Å². The van der Waals surface area contributed by atoms with Crippen molar-refractivity contribution < 1.29 is 4.74 Å². The molecule has 0 amide bonds. The second-order valence-corrected chi connectivity index (χ2v) is 5.25. The molecular weight excluding hydrogens is 268 g/mol. The van der Waals surface area contributed by atoms with Crippen molar-refractivity contribution in [2.45, 2.75) is 6.54 Å². The van der Waals surface area contributed by atoms with Gasteiger partial charge < -0.3 is 9.72 Å². The van der Waals surface area contributed by atoms with Crippen LogP contribution >= 0.6 is 0 Å². The number of fused-ring (bicyclic) bond motifs is 3. The average Bonchev–Trinajstić information content (AvgIpc) is 2.93. The summed E-state index contributed by atoms with van der Waals surface area (Å²) in [6.07, 6.45) is 1.65. The van der Waals surface area contributed by atoms with Gasteiger partial charge in [-0.1, -0.05) is 12.1 Å². The van der Waals surface area contributed by atoms with Crippen LogP contribution in [0.2, 0.25) is 0 Å². The molecule has 1 N–H and O–H groups in total. The van der Waals surface area contributed by atoms with E-state index in [1.54, 1.807) is 6.20 Å². The van der Waals surface area contributed by atoms with E-state index in [2.05, 4.69) is 14.9 Å². The Balaban J connectivity index is 1.87. The Hall–Kier alpha value is -2.18. The molecule has 1 aliphatic heterocycles. The van der Waals surface area contributed by atoms with Gasteiger partial charge in [0.05, 0.1) is 37.0 Å². The first kappa shape index (κ1) is 12.6. The van der Waals surface area contributed by atoms with Crippen molar-refractivity contribution >= 4 is 16.6 Å². The maximum absolute atomic E-state index is 12.1. The molecule has 1 saturated heterocycles. The lowest BCUT2D eigenvalue weighted by atomic mass is 10.3. The highest BCUT2D eigenvalue weighted by atomic mass is 16.5. The predicted octanol–water partition coefficient (Wildman–Crippen LogP) is 1.01. The van der Waals surface area contributed by atoms with Crippen LogP contribution in [0.15, 0.2) is 35.3 Å². The maximum atomic E-state index is 12.1. The van der Waals surface area contributed by atoms with Crippen molar-refractivity contribution in [3.05, 3.63) is 46.6 Å². The Morgan fingerprint density at radius 1 is 1.19 bits per heavy atom. The Labute approximate surface area is 121 Å². The number of morpholine rings is 1. The number of nitrogens with one attached hydrogen (secondary N) is 1. The molecule has 6 heteroatoms. The number of para-hydroxylation sites is 2. The molecule has 108 valence electrons. The van der Waals surface area contributed by atoms with Crippen molar-refractivity contribution in [2.24, 2.45) is 0 Å². The fourth-order valence-corrected chi connectivity index (χ4v) is 2.85.